The average Bonchev–Trinajstić information content (AvgIpc) is 3.02. The normalized spacial score (nSPS) is 20.8. The molecule has 1 aliphatic heterocycles. The van der Waals surface area contributed by atoms with E-state index in [2.05, 4.69) is 22.4 Å². The summed E-state index contributed by atoms with van der Waals surface area (Å²) in [5, 5.41) is 4.28. The number of hydrogen-bond donors (Lipinski definition) is 1. The van der Waals surface area contributed by atoms with Crippen molar-refractivity contribution < 1.29 is 14.3 Å². The van der Waals surface area contributed by atoms with Crippen LogP contribution in [0.3, 0.4) is 0 Å². The van der Waals surface area contributed by atoms with E-state index < -0.39 is 5.60 Å². The number of pyridine rings is 1. The Morgan fingerprint density at radius 1 is 1.32 bits per heavy atom. The number of fused-ring (bicyclic) bond motifs is 1. The molecular weight excluding hydrogens is 316 g/mol. The van der Waals surface area contributed by atoms with Gasteiger partial charge in [0.15, 0.2) is 0 Å². The Labute approximate surface area is 148 Å². The minimum Gasteiger partial charge on any atom is -0.379 e. The van der Waals surface area contributed by atoms with Gasteiger partial charge in [0.1, 0.15) is 5.60 Å². The second-order valence-electron chi connectivity index (χ2n) is 7.01. The van der Waals surface area contributed by atoms with Gasteiger partial charge in [-0.15, -0.1) is 0 Å². The maximum atomic E-state index is 12.5. The summed E-state index contributed by atoms with van der Waals surface area (Å²) < 4.78 is 11.2. The molecule has 25 heavy (non-hydrogen) atoms. The fraction of sp³-hybridized carbons (Fsp3) is 0.500. The number of aromatic nitrogens is 1. The molecule has 2 aromatic rings. The number of benzene rings is 1. The molecule has 3 rings (SSSR count). The van der Waals surface area contributed by atoms with Crippen LogP contribution in [0.1, 0.15) is 26.3 Å². The summed E-state index contributed by atoms with van der Waals surface area (Å²) in [5.41, 5.74) is 1.41. The van der Waals surface area contributed by atoms with Crippen LogP contribution in [0.5, 0.6) is 0 Å². The van der Waals surface area contributed by atoms with Crippen molar-refractivity contribution in [1.29, 1.82) is 0 Å². The predicted molar refractivity (Wildman–Crippen MR) is 97.4 cm³/mol. The molecule has 2 atom stereocenters. The van der Waals surface area contributed by atoms with Crippen molar-refractivity contribution in [2.45, 2.75) is 38.8 Å². The van der Waals surface area contributed by atoms with Crippen LogP contribution in [0.15, 0.2) is 36.5 Å². The molecule has 5 heteroatoms. The van der Waals surface area contributed by atoms with E-state index in [1.165, 1.54) is 5.56 Å². The highest BCUT2D eigenvalue weighted by molar-refractivity contribution is 5.84. The Bertz CT molecular complexity index is 739. The number of hydrogen-bond acceptors (Lipinski definition) is 4. The number of ether oxygens (including phenoxy) is 2. The first-order valence-electron chi connectivity index (χ1n) is 8.86. The Kier molecular flexibility index (Phi) is 5.35. The van der Waals surface area contributed by atoms with Crippen molar-refractivity contribution >= 4 is 16.8 Å². The molecule has 1 amide bonds. The van der Waals surface area contributed by atoms with Crippen LogP contribution in [-0.2, 0) is 20.7 Å². The van der Waals surface area contributed by atoms with E-state index in [9.17, 15) is 4.79 Å². The third-order valence-electron chi connectivity index (χ3n) is 4.79. The number of nitrogens with zero attached hydrogens (tertiary/aromatic N) is 1. The molecule has 1 fully saturated rings. The van der Waals surface area contributed by atoms with Crippen molar-refractivity contribution in [1.82, 2.24) is 10.3 Å². The lowest BCUT2D eigenvalue weighted by Gasteiger charge is -2.27. The molecule has 0 saturated carbocycles. The van der Waals surface area contributed by atoms with Gasteiger partial charge in [-0.05, 0) is 44.9 Å². The van der Waals surface area contributed by atoms with Gasteiger partial charge >= 0.3 is 0 Å². The molecule has 1 N–H and O–H groups in total. The smallest absolute Gasteiger partial charge is 0.251 e. The minimum atomic E-state index is -0.828. The van der Waals surface area contributed by atoms with E-state index in [0.29, 0.717) is 19.8 Å². The van der Waals surface area contributed by atoms with E-state index in [4.69, 9.17) is 9.47 Å². The third-order valence-corrected chi connectivity index (χ3v) is 4.79. The fourth-order valence-electron chi connectivity index (χ4n) is 3.34. The zero-order valence-corrected chi connectivity index (χ0v) is 15.1. The highest BCUT2D eigenvalue weighted by atomic mass is 16.5. The van der Waals surface area contributed by atoms with E-state index in [-0.39, 0.29) is 17.9 Å². The van der Waals surface area contributed by atoms with Crippen molar-refractivity contribution in [3.8, 4) is 0 Å². The Morgan fingerprint density at radius 2 is 2.12 bits per heavy atom. The molecule has 0 radical (unpaired) electrons. The Morgan fingerprint density at radius 3 is 2.92 bits per heavy atom. The molecule has 0 spiro atoms. The van der Waals surface area contributed by atoms with Crippen molar-refractivity contribution in [2.24, 2.45) is 5.92 Å². The lowest BCUT2D eigenvalue weighted by molar-refractivity contribution is -0.143. The zero-order chi connectivity index (χ0) is 17.9. The molecule has 5 nitrogen and oxygen atoms in total. The first-order chi connectivity index (χ1) is 12.0. The molecule has 2 heterocycles. The fourth-order valence-corrected chi connectivity index (χ4v) is 3.34. The standard InChI is InChI=1S/C20H26N2O3/c1-4-25-20(2,3)19(23)22-18-13-24-12-15(18)11-14-9-10-21-17-8-6-5-7-16(14)17/h5-10,15,18H,4,11-13H2,1-3H3,(H,22,23)/t15-,18+/m1/s1. The number of rotatable bonds is 6. The third kappa shape index (κ3) is 3.99. The summed E-state index contributed by atoms with van der Waals surface area (Å²) in [6.45, 7) is 7.19. The minimum absolute atomic E-state index is 0.000779. The quantitative estimate of drug-likeness (QED) is 0.877. The van der Waals surface area contributed by atoms with Gasteiger partial charge in [-0.1, -0.05) is 18.2 Å². The molecular formula is C20H26N2O3. The SMILES string of the molecule is CCOC(C)(C)C(=O)N[C@H]1COC[C@H]1Cc1ccnc2ccccc12. The van der Waals surface area contributed by atoms with Gasteiger partial charge in [0.2, 0.25) is 0 Å². The van der Waals surface area contributed by atoms with E-state index in [1.54, 1.807) is 13.8 Å². The number of para-hydroxylation sites is 1. The van der Waals surface area contributed by atoms with Gasteiger partial charge in [0, 0.05) is 24.1 Å². The van der Waals surface area contributed by atoms with Gasteiger partial charge in [0.05, 0.1) is 24.8 Å². The summed E-state index contributed by atoms with van der Waals surface area (Å²) >= 11 is 0. The number of carbonyl (C=O) groups excluding carboxylic acids is 1. The first-order valence-corrected chi connectivity index (χ1v) is 8.86. The molecule has 1 aromatic carbocycles. The van der Waals surface area contributed by atoms with E-state index >= 15 is 0 Å². The molecule has 1 aromatic heterocycles. The van der Waals surface area contributed by atoms with Gasteiger partial charge < -0.3 is 14.8 Å². The van der Waals surface area contributed by atoms with Crippen LogP contribution >= 0.6 is 0 Å². The first kappa shape index (κ1) is 17.8. The van der Waals surface area contributed by atoms with Crippen LogP contribution < -0.4 is 5.32 Å². The van der Waals surface area contributed by atoms with Gasteiger partial charge in [-0.2, -0.15) is 0 Å². The summed E-state index contributed by atoms with van der Waals surface area (Å²) in [5.74, 6) is 0.154. The molecule has 1 saturated heterocycles. The second kappa shape index (κ2) is 7.50. The van der Waals surface area contributed by atoms with Gasteiger partial charge in [-0.3, -0.25) is 9.78 Å². The second-order valence-corrected chi connectivity index (χ2v) is 7.01. The van der Waals surface area contributed by atoms with Crippen LogP contribution in [0, 0.1) is 5.92 Å². The van der Waals surface area contributed by atoms with E-state index in [0.717, 1.165) is 17.3 Å². The molecule has 0 bridgehead atoms. The van der Waals surface area contributed by atoms with Crippen LogP contribution in [-0.4, -0.2) is 42.4 Å². The molecule has 1 aliphatic rings. The highest BCUT2D eigenvalue weighted by Crippen LogP contribution is 2.24. The van der Waals surface area contributed by atoms with Crippen LogP contribution in [0.4, 0.5) is 0 Å². The molecule has 0 unspecified atom stereocenters. The topological polar surface area (TPSA) is 60.5 Å². The van der Waals surface area contributed by atoms with Crippen LogP contribution in [0.2, 0.25) is 0 Å². The van der Waals surface area contributed by atoms with E-state index in [1.807, 2.05) is 31.3 Å². The molecule has 0 aliphatic carbocycles. The predicted octanol–water partition coefficient (Wildman–Crippen LogP) is 2.72. The van der Waals surface area contributed by atoms with Crippen molar-refractivity contribution in [2.75, 3.05) is 19.8 Å². The lowest BCUT2D eigenvalue weighted by Crippen LogP contribution is -2.50. The summed E-state index contributed by atoms with van der Waals surface area (Å²) in [4.78, 5) is 16.9. The van der Waals surface area contributed by atoms with Crippen LogP contribution in [0.25, 0.3) is 10.9 Å². The van der Waals surface area contributed by atoms with Gasteiger partial charge in [0.25, 0.3) is 5.91 Å². The Hall–Kier alpha value is -1.98. The average molecular weight is 342 g/mol. The van der Waals surface area contributed by atoms with Crippen molar-refractivity contribution in [3.63, 3.8) is 0 Å². The largest absolute Gasteiger partial charge is 0.379 e. The zero-order valence-electron chi connectivity index (χ0n) is 15.1. The number of carbonyl (C=O) groups is 1. The summed E-state index contributed by atoms with van der Waals surface area (Å²) in [6.07, 6.45) is 2.70. The van der Waals surface area contributed by atoms with Crippen molar-refractivity contribution in [3.05, 3.63) is 42.1 Å². The Balaban J connectivity index is 1.72. The number of nitrogens with one attached hydrogen (secondary N) is 1. The summed E-state index contributed by atoms with van der Waals surface area (Å²) in [7, 11) is 0. The molecule has 134 valence electrons. The maximum absolute atomic E-state index is 12.5. The highest BCUT2D eigenvalue weighted by Gasteiger charge is 2.35. The lowest BCUT2D eigenvalue weighted by atomic mass is 9.92. The monoisotopic (exact) mass is 342 g/mol. The maximum Gasteiger partial charge on any atom is 0.251 e. The van der Waals surface area contributed by atoms with Gasteiger partial charge in [-0.25, -0.2) is 0 Å². The summed E-state index contributed by atoms with van der Waals surface area (Å²) in [6, 6.07) is 10.2. The number of amides is 1.